The molecule has 0 radical (unpaired) electrons. The number of hydrogen-bond acceptors (Lipinski definition) is 5. The first-order valence-electron chi connectivity index (χ1n) is 9.20. The Balaban J connectivity index is 2.36. The van der Waals surface area contributed by atoms with Crippen molar-refractivity contribution >= 4 is 34.9 Å². The van der Waals surface area contributed by atoms with Crippen molar-refractivity contribution in [1.29, 1.82) is 0 Å². The molecule has 8 heteroatoms. The van der Waals surface area contributed by atoms with Gasteiger partial charge in [-0.2, -0.15) is 0 Å². The molecule has 1 N–H and O–H groups in total. The summed E-state index contributed by atoms with van der Waals surface area (Å²) in [4.78, 5) is 17.0. The summed E-state index contributed by atoms with van der Waals surface area (Å²) in [5.41, 5.74) is 2.09. The normalized spacial score (nSPS) is 17.1. The molecule has 28 heavy (non-hydrogen) atoms. The van der Waals surface area contributed by atoms with Crippen molar-refractivity contribution in [2.75, 3.05) is 47.5 Å². The van der Waals surface area contributed by atoms with Crippen LogP contribution in [0.2, 0.25) is 5.02 Å². The highest BCUT2D eigenvalue weighted by Gasteiger charge is 2.35. The number of ether oxygens (including phenoxy) is 2. The molecule has 1 aliphatic rings. The van der Waals surface area contributed by atoms with E-state index < -0.39 is 12.0 Å². The smallest absolute Gasteiger partial charge is 0.338 e. The Kier molecular flexibility index (Phi) is 8.69. The minimum atomic E-state index is -0.457. The summed E-state index contributed by atoms with van der Waals surface area (Å²) < 4.78 is 10.4. The lowest BCUT2D eigenvalue weighted by Crippen LogP contribution is -2.48. The summed E-state index contributed by atoms with van der Waals surface area (Å²) in [6, 6.07) is 6.97. The molecule has 0 aliphatic carbocycles. The quantitative estimate of drug-likeness (QED) is 0.371. The second kappa shape index (κ2) is 10.8. The summed E-state index contributed by atoms with van der Waals surface area (Å²) in [5.74, 6) is -0.396. The van der Waals surface area contributed by atoms with E-state index in [1.54, 1.807) is 13.2 Å². The Morgan fingerprint density at radius 3 is 2.68 bits per heavy atom. The fourth-order valence-electron chi connectivity index (χ4n) is 3.10. The maximum absolute atomic E-state index is 12.9. The molecule has 1 aliphatic heterocycles. The van der Waals surface area contributed by atoms with Crippen LogP contribution >= 0.6 is 23.8 Å². The summed E-state index contributed by atoms with van der Waals surface area (Å²) >= 11 is 12.0. The Bertz CT molecular complexity index is 739. The molecule has 0 bridgehead atoms. The van der Waals surface area contributed by atoms with Crippen molar-refractivity contribution < 1.29 is 14.3 Å². The molecule has 1 atom stereocenters. The highest BCUT2D eigenvalue weighted by Crippen LogP contribution is 2.34. The fraction of sp³-hybridized carbons (Fsp3) is 0.500. The van der Waals surface area contributed by atoms with Gasteiger partial charge in [0.25, 0.3) is 0 Å². The molecule has 1 aromatic rings. The van der Waals surface area contributed by atoms with Crippen molar-refractivity contribution in [2.24, 2.45) is 0 Å². The monoisotopic (exact) mass is 425 g/mol. The third kappa shape index (κ3) is 5.67. The third-order valence-electron chi connectivity index (χ3n) is 4.54. The van der Waals surface area contributed by atoms with Gasteiger partial charge in [0, 0.05) is 24.4 Å². The first-order valence-corrected chi connectivity index (χ1v) is 9.99. The van der Waals surface area contributed by atoms with E-state index in [1.807, 2.05) is 44.1 Å². The van der Waals surface area contributed by atoms with Crippen LogP contribution in [0.25, 0.3) is 0 Å². The van der Waals surface area contributed by atoms with Crippen molar-refractivity contribution in [3.8, 4) is 0 Å². The van der Waals surface area contributed by atoms with Gasteiger partial charge in [0.1, 0.15) is 6.61 Å². The van der Waals surface area contributed by atoms with Gasteiger partial charge < -0.3 is 24.6 Å². The number of rotatable bonds is 9. The van der Waals surface area contributed by atoms with Crippen LogP contribution in [0.3, 0.4) is 0 Å². The molecule has 0 fully saturated rings. The number of halogens is 1. The van der Waals surface area contributed by atoms with Crippen LogP contribution in [0.15, 0.2) is 35.5 Å². The van der Waals surface area contributed by atoms with Crippen LogP contribution in [-0.4, -0.2) is 68.4 Å². The van der Waals surface area contributed by atoms with E-state index in [9.17, 15) is 4.79 Å². The zero-order valence-corrected chi connectivity index (χ0v) is 18.4. The van der Waals surface area contributed by atoms with Crippen molar-refractivity contribution in [2.45, 2.75) is 19.4 Å². The molecule has 1 aromatic carbocycles. The lowest BCUT2D eigenvalue weighted by atomic mass is 9.95. The lowest BCUT2D eigenvalue weighted by Gasteiger charge is -2.38. The second-order valence-corrected chi connectivity index (χ2v) is 7.63. The standard InChI is InChI=1S/C20H28ClN3O3S/c1-14-17(19(25)27-13-12-26-4)18(15-8-5-6-9-16(15)21)22-20(28)24(14)11-7-10-23(2)3/h5-6,8-9,18H,7,10-13H2,1-4H3,(H,22,28)/t18-/m1/s1. The zero-order valence-electron chi connectivity index (χ0n) is 16.8. The maximum Gasteiger partial charge on any atom is 0.338 e. The van der Waals surface area contributed by atoms with Crippen LogP contribution < -0.4 is 5.32 Å². The molecule has 1 heterocycles. The van der Waals surface area contributed by atoms with Crippen LogP contribution in [0.4, 0.5) is 0 Å². The molecule has 0 aromatic heterocycles. The number of methoxy groups -OCH3 is 1. The number of nitrogens with zero attached hydrogens (tertiary/aromatic N) is 2. The van der Waals surface area contributed by atoms with Gasteiger partial charge in [-0.15, -0.1) is 0 Å². The van der Waals surface area contributed by atoms with Crippen LogP contribution in [0.1, 0.15) is 24.9 Å². The van der Waals surface area contributed by atoms with Crippen molar-refractivity contribution in [3.05, 3.63) is 46.1 Å². The number of carbonyl (C=O) groups excluding carboxylic acids is 1. The molecule has 0 unspecified atom stereocenters. The minimum Gasteiger partial charge on any atom is -0.460 e. The Labute approximate surface area is 177 Å². The molecule has 2 rings (SSSR count). The van der Waals surface area contributed by atoms with E-state index in [1.165, 1.54) is 0 Å². The molecule has 6 nitrogen and oxygen atoms in total. The summed E-state index contributed by atoms with van der Waals surface area (Å²) in [6.45, 7) is 4.06. The predicted molar refractivity (Wildman–Crippen MR) is 115 cm³/mol. The molecule has 154 valence electrons. The van der Waals surface area contributed by atoms with E-state index in [0.29, 0.717) is 28.9 Å². The molecular weight excluding hydrogens is 398 g/mol. The lowest BCUT2D eigenvalue weighted by molar-refractivity contribution is -0.140. The van der Waals surface area contributed by atoms with Gasteiger partial charge in [0.05, 0.1) is 18.2 Å². The number of allylic oxidation sites excluding steroid dienone is 1. The number of hydrogen-bond donors (Lipinski definition) is 1. The average Bonchev–Trinajstić information content (AvgIpc) is 2.64. The van der Waals surface area contributed by atoms with E-state index in [0.717, 1.165) is 24.2 Å². The van der Waals surface area contributed by atoms with Gasteiger partial charge in [-0.05, 0) is 57.8 Å². The van der Waals surface area contributed by atoms with E-state index >= 15 is 0 Å². The predicted octanol–water partition coefficient (Wildman–Crippen LogP) is 2.99. The van der Waals surface area contributed by atoms with E-state index in [2.05, 4.69) is 10.2 Å². The SMILES string of the molecule is COCCOC(=O)C1=C(C)N(CCCN(C)C)C(=S)N[C@@H]1c1ccccc1Cl. The highest BCUT2D eigenvalue weighted by molar-refractivity contribution is 7.80. The summed E-state index contributed by atoms with van der Waals surface area (Å²) in [6.07, 6.45) is 0.912. The van der Waals surface area contributed by atoms with E-state index in [4.69, 9.17) is 33.3 Å². The number of thiocarbonyl (C=S) groups is 1. The third-order valence-corrected chi connectivity index (χ3v) is 5.22. The topological polar surface area (TPSA) is 54.0 Å². The van der Waals surface area contributed by atoms with E-state index in [-0.39, 0.29) is 6.61 Å². The highest BCUT2D eigenvalue weighted by atomic mass is 35.5. The first-order chi connectivity index (χ1) is 13.4. The number of nitrogens with one attached hydrogen (secondary N) is 1. The Morgan fingerprint density at radius 2 is 2.04 bits per heavy atom. The largest absolute Gasteiger partial charge is 0.460 e. The summed E-state index contributed by atoms with van der Waals surface area (Å²) in [5, 5.41) is 4.43. The van der Waals surface area contributed by atoms with Crippen molar-refractivity contribution in [1.82, 2.24) is 15.1 Å². The second-order valence-electron chi connectivity index (χ2n) is 6.84. The van der Waals surface area contributed by atoms with Gasteiger partial charge in [0.2, 0.25) is 0 Å². The Hall–Kier alpha value is -1.67. The van der Waals surface area contributed by atoms with Crippen LogP contribution in [0.5, 0.6) is 0 Å². The average molecular weight is 426 g/mol. The van der Waals surface area contributed by atoms with Gasteiger partial charge >= 0.3 is 5.97 Å². The molecule has 0 saturated heterocycles. The summed E-state index contributed by atoms with van der Waals surface area (Å²) in [7, 11) is 5.63. The van der Waals surface area contributed by atoms with Gasteiger partial charge in [-0.1, -0.05) is 29.8 Å². The molecule has 0 amide bonds. The molecule has 0 saturated carbocycles. The van der Waals surface area contributed by atoms with Gasteiger partial charge in [-0.25, -0.2) is 4.79 Å². The molecular formula is C20H28ClN3O3S. The minimum absolute atomic E-state index is 0.187. The number of benzene rings is 1. The van der Waals surface area contributed by atoms with Crippen molar-refractivity contribution in [3.63, 3.8) is 0 Å². The van der Waals surface area contributed by atoms with Gasteiger partial charge in [0.15, 0.2) is 5.11 Å². The maximum atomic E-state index is 12.9. The van der Waals surface area contributed by atoms with Gasteiger partial charge in [-0.3, -0.25) is 0 Å². The first kappa shape index (κ1) is 22.6. The Morgan fingerprint density at radius 1 is 1.32 bits per heavy atom. The van der Waals surface area contributed by atoms with Crippen LogP contribution in [-0.2, 0) is 14.3 Å². The number of esters is 1. The zero-order chi connectivity index (χ0) is 20.7. The number of carbonyl (C=O) groups is 1. The molecule has 0 spiro atoms. The fourth-order valence-corrected chi connectivity index (χ4v) is 3.69. The van der Waals surface area contributed by atoms with Crippen LogP contribution in [0, 0.1) is 0 Å².